The average molecular weight is 311 g/mol. The van der Waals surface area contributed by atoms with Crippen LogP contribution in [0, 0.1) is 5.41 Å². The van der Waals surface area contributed by atoms with Gasteiger partial charge in [-0.15, -0.1) is 0 Å². The van der Waals surface area contributed by atoms with Gasteiger partial charge in [0.25, 0.3) is 0 Å². The summed E-state index contributed by atoms with van der Waals surface area (Å²) in [6, 6.07) is 2.22. The van der Waals surface area contributed by atoms with E-state index in [-0.39, 0.29) is 0 Å². The maximum atomic E-state index is 4.29. The van der Waals surface area contributed by atoms with Gasteiger partial charge in [-0.05, 0) is 58.8 Å². The highest BCUT2D eigenvalue weighted by molar-refractivity contribution is 9.10. The number of nitrogens with one attached hydrogen (secondary N) is 1. The Balaban J connectivity index is 2.08. The number of pyridine rings is 1. The summed E-state index contributed by atoms with van der Waals surface area (Å²) >= 11 is 3.52. The number of rotatable bonds is 5. The lowest BCUT2D eigenvalue weighted by Gasteiger charge is -2.37. The molecule has 3 heteroatoms. The molecule has 0 bridgehead atoms. The molecule has 1 N–H and O–H groups in total. The third-order valence-corrected chi connectivity index (χ3v) is 4.44. The van der Waals surface area contributed by atoms with Gasteiger partial charge in [0.15, 0.2) is 0 Å². The average Bonchev–Trinajstić information content (AvgIpc) is 2.38. The first-order valence-corrected chi connectivity index (χ1v) is 7.84. The first-order valence-electron chi connectivity index (χ1n) is 7.04. The van der Waals surface area contributed by atoms with Crippen molar-refractivity contribution < 1.29 is 0 Å². The van der Waals surface area contributed by atoms with E-state index >= 15 is 0 Å². The smallest absolute Gasteiger partial charge is 0.0410 e. The minimum absolute atomic E-state index is 0.455. The fourth-order valence-electron chi connectivity index (χ4n) is 3.09. The Kier molecular flexibility index (Phi) is 5.19. The van der Waals surface area contributed by atoms with Crippen LogP contribution in [0.15, 0.2) is 22.9 Å². The third kappa shape index (κ3) is 3.79. The summed E-state index contributed by atoms with van der Waals surface area (Å²) in [6.07, 6.45) is 11.9. The Labute approximate surface area is 119 Å². The van der Waals surface area contributed by atoms with E-state index in [0.717, 1.165) is 24.0 Å². The van der Waals surface area contributed by atoms with Crippen LogP contribution < -0.4 is 5.32 Å². The quantitative estimate of drug-likeness (QED) is 0.891. The van der Waals surface area contributed by atoms with E-state index in [9.17, 15) is 0 Å². The molecule has 0 saturated heterocycles. The van der Waals surface area contributed by atoms with Crippen LogP contribution in [0.1, 0.15) is 44.6 Å². The molecule has 1 heterocycles. The summed E-state index contributed by atoms with van der Waals surface area (Å²) in [5.74, 6) is 0. The van der Waals surface area contributed by atoms with E-state index in [4.69, 9.17) is 0 Å². The molecule has 1 aromatic heterocycles. The first-order chi connectivity index (χ1) is 8.74. The number of nitrogens with zero attached hydrogens (tertiary/aromatic N) is 1. The lowest BCUT2D eigenvalue weighted by Crippen LogP contribution is -2.38. The topological polar surface area (TPSA) is 24.9 Å². The number of hydrogen-bond acceptors (Lipinski definition) is 2. The fourth-order valence-corrected chi connectivity index (χ4v) is 3.51. The van der Waals surface area contributed by atoms with Crippen LogP contribution in [-0.2, 0) is 6.42 Å². The maximum Gasteiger partial charge on any atom is 0.0410 e. The molecule has 2 rings (SSSR count). The molecule has 1 saturated carbocycles. The van der Waals surface area contributed by atoms with Crippen LogP contribution in [0.5, 0.6) is 0 Å². The Bertz CT molecular complexity index is 373. The Morgan fingerprint density at radius 1 is 1.28 bits per heavy atom. The molecule has 1 aliphatic rings. The molecule has 1 aliphatic carbocycles. The summed E-state index contributed by atoms with van der Waals surface area (Å²) in [4.78, 5) is 4.29. The highest BCUT2D eigenvalue weighted by Gasteiger charge is 2.31. The van der Waals surface area contributed by atoms with E-state index in [1.54, 1.807) is 0 Å². The zero-order chi connectivity index (χ0) is 12.8. The van der Waals surface area contributed by atoms with Gasteiger partial charge in [0, 0.05) is 23.4 Å². The van der Waals surface area contributed by atoms with Gasteiger partial charge in [0.2, 0.25) is 0 Å². The van der Waals surface area contributed by atoms with Gasteiger partial charge in [0.05, 0.1) is 0 Å². The SMILES string of the molecule is CCNCC1(Cc2cncc(Br)c2)CCCCC1. The van der Waals surface area contributed by atoms with E-state index < -0.39 is 0 Å². The molecule has 0 amide bonds. The van der Waals surface area contributed by atoms with Gasteiger partial charge in [-0.2, -0.15) is 0 Å². The van der Waals surface area contributed by atoms with Gasteiger partial charge in [0.1, 0.15) is 0 Å². The molecule has 0 radical (unpaired) electrons. The summed E-state index contributed by atoms with van der Waals surface area (Å²) < 4.78 is 1.09. The molecule has 0 aromatic carbocycles. The van der Waals surface area contributed by atoms with Crippen LogP contribution in [-0.4, -0.2) is 18.1 Å². The van der Waals surface area contributed by atoms with Crippen molar-refractivity contribution in [2.24, 2.45) is 5.41 Å². The van der Waals surface area contributed by atoms with E-state index in [2.05, 4.69) is 39.2 Å². The van der Waals surface area contributed by atoms with Gasteiger partial charge >= 0.3 is 0 Å². The Hall–Kier alpha value is -0.410. The van der Waals surface area contributed by atoms with Crippen molar-refractivity contribution in [1.29, 1.82) is 0 Å². The largest absolute Gasteiger partial charge is 0.316 e. The minimum atomic E-state index is 0.455. The molecule has 18 heavy (non-hydrogen) atoms. The van der Waals surface area contributed by atoms with Crippen LogP contribution in [0.4, 0.5) is 0 Å². The van der Waals surface area contributed by atoms with Gasteiger partial charge in [-0.1, -0.05) is 26.2 Å². The van der Waals surface area contributed by atoms with Gasteiger partial charge < -0.3 is 5.32 Å². The second-order valence-corrected chi connectivity index (χ2v) is 6.44. The molecule has 1 fully saturated rings. The third-order valence-electron chi connectivity index (χ3n) is 4.00. The number of halogens is 1. The predicted octanol–water partition coefficient (Wildman–Crippen LogP) is 3.95. The van der Waals surface area contributed by atoms with Gasteiger partial charge in [-0.3, -0.25) is 4.98 Å². The molecule has 0 aliphatic heterocycles. The van der Waals surface area contributed by atoms with Crippen LogP contribution in [0.25, 0.3) is 0 Å². The fraction of sp³-hybridized carbons (Fsp3) is 0.667. The molecule has 0 atom stereocenters. The Morgan fingerprint density at radius 2 is 2.06 bits per heavy atom. The zero-order valence-corrected chi connectivity index (χ0v) is 12.8. The molecular weight excluding hydrogens is 288 g/mol. The van der Waals surface area contributed by atoms with Crippen molar-refractivity contribution in [2.45, 2.75) is 45.4 Å². The van der Waals surface area contributed by atoms with Crippen LogP contribution in [0.3, 0.4) is 0 Å². The van der Waals surface area contributed by atoms with E-state index in [1.165, 1.54) is 37.7 Å². The van der Waals surface area contributed by atoms with Crippen LogP contribution >= 0.6 is 15.9 Å². The lowest BCUT2D eigenvalue weighted by molar-refractivity contribution is 0.182. The summed E-state index contributed by atoms with van der Waals surface area (Å²) in [7, 11) is 0. The maximum absolute atomic E-state index is 4.29. The van der Waals surface area contributed by atoms with Crippen molar-refractivity contribution in [3.63, 3.8) is 0 Å². The zero-order valence-electron chi connectivity index (χ0n) is 11.2. The highest BCUT2D eigenvalue weighted by atomic mass is 79.9. The summed E-state index contributed by atoms with van der Waals surface area (Å²) in [5, 5.41) is 3.56. The molecular formula is C15H23BrN2. The van der Waals surface area contributed by atoms with Crippen LogP contribution in [0.2, 0.25) is 0 Å². The summed E-state index contributed by atoms with van der Waals surface area (Å²) in [5.41, 5.74) is 1.82. The summed E-state index contributed by atoms with van der Waals surface area (Å²) in [6.45, 7) is 4.41. The van der Waals surface area contributed by atoms with Gasteiger partial charge in [-0.25, -0.2) is 0 Å². The van der Waals surface area contributed by atoms with Crippen molar-refractivity contribution in [3.8, 4) is 0 Å². The highest BCUT2D eigenvalue weighted by Crippen LogP contribution is 2.38. The predicted molar refractivity (Wildman–Crippen MR) is 79.7 cm³/mol. The molecule has 1 aromatic rings. The van der Waals surface area contributed by atoms with Crippen molar-refractivity contribution in [2.75, 3.05) is 13.1 Å². The molecule has 2 nitrogen and oxygen atoms in total. The Morgan fingerprint density at radius 3 is 2.72 bits per heavy atom. The van der Waals surface area contributed by atoms with E-state index in [1.807, 2.05) is 12.4 Å². The molecule has 0 spiro atoms. The number of aromatic nitrogens is 1. The monoisotopic (exact) mass is 310 g/mol. The number of hydrogen-bond donors (Lipinski definition) is 1. The lowest BCUT2D eigenvalue weighted by atomic mass is 9.70. The standard InChI is InChI=1S/C15H23BrN2/c1-2-17-12-15(6-4-3-5-7-15)9-13-8-14(16)11-18-10-13/h8,10-11,17H,2-7,9,12H2,1H3. The second-order valence-electron chi connectivity index (χ2n) is 5.53. The normalized spacial score (nSPS) is 18.8. The van der Waals surface area contributed by atoms with Crippen molar-refractivity contribution >= 4 is 15.9 Å². The van der Waals surface area contributed by atoms with Crippen molar-refractivity contribution in [1.82, 2.24) is 10.3 Å². The first kappa shape index (κ1) is 14.0. The minimum Gasteiger partial charge on any atom is -0.316 e. The van der Waals surface area contributed by atoms with E-state index in [0.29, 0.717) is 5.41 Å². The second kappa shape index (κ2) is 6.67. The molecule has 0 unspecified atom stereocenters. The molecule has 100 valence electrons. The van der Waals surface area contributed by atoms with Crippen molar-refractivity contribution in [3.05, 3.63) is 28.5 Å².